The van der Waals surface area contributed by atoms with Crippen molar-refractivity contribution in [1.82, 2.24) is 4.90 Å². The van der Waals surface area contributed by atoms with Gasteiger partial charge in [0.25, 0.3) is 0 Å². The number of hydrogen-bond donors (Lipinski definition) is 1. The summed E-state index contributed by atoms with van der Waals surface area (Å²) in [5, 5.41) is 0. The molecular formula is C12H24N2O. The third-order valence-electron chi connectivity index (χ3n) is 3.80. The van der Waals surface area contributed by atoms with Gasteiger partial charge >= 0.3 is 0 Å². The Morgan fingerprint density at radius 2 is 1.93 bits per heavy atom. The molecule has 3 nitrogen and oxygen atoms in total. The lowest BCUT2D eigenvalue weighted by molar-refractivity contribution is 0.0550. The summed E-state index contributed by atoms with van der Waals surface area (Å²) in [4.78, 5) is 2.64. The minimum atomic E-state index is 0.857. The van der Waals surface area contributed by atoms with Crippen LogP contribution in [0.4, 0.5) is 0 Å². The molecule has 0 saturated carbocycles. The Morgan fingerprint density at radius 1 is 1.13 bits per heavy atom. The van der Waals surface area contributed by atoms with Gasteiger partial charge in [-0.1, -0.05) is 0 Å². The summed E-state index contributed by atoms with van der Waals surface area (Å²) in [6.07, 6.45) is 5.10. The van der Waals surface area contributed by atoms with Gasteiger partial charge in [-0.25, -0.2) is 0 Å². The average molecular weight is 212 g/mol. The lowest BCUT2D eigenvalue weighted by atomic mass is 10.00. The fraction of sp³-hybridized carbons (Fsp3) is 1.00. The molecule has 0 aromatic carbocycles. The molecule has 1 unspecified atom stereocenters. The summed E-state index contributed by atoms with van der Waals surface area (Å²) in [7, 11) is 0. The Bertz CT molecular complexity index is 180. The van der Waals surface area contributed by atoms with Gasteiger partial charge in [-0.2, -0.15) is 0 Å². The highest BCUT2D eigenvalue weighted by atomic mass is 16.5. The van der Waals surface area contributed by atoms with E-state index in [-0.39, 0.29) is 0 Å². The average Bonchev–Trinajstić information content (AvgIpc) is 2.68. The van der Waals surface area contributed by atoms with Crippen molar-refractivity contribution in [3.63, 3.8) is 0 Å². The van der Waals surface area contributed by atoms with Gasteiger partial charge in [0.05, 0.1) is 0 Å². The maximum Gasteiger partial charge on any atom is 0.0469 e. The Labute approximate surface area is 93.0 Å². The Kier molecular flexibility index (Phi) is 4.42. The van der Waals surface area contributed by atoms with Crippen molar-refractivity contribution in [2.45, 2.75) is 25.7 Å². The topological polar surface area (TPSA) is 38.5 Å². The van der Waals surface area contributed by atoms with Crippen molar-refractivity contribution in [2.75, 3.05) is 39.4 Å². The first-order chi connectivity index (χ1) is 7.38. The highest BCUT2D eigenvalue weighted by Gasteiger charge is 2.24. The molecule has 0 spiro atoms. The molecule has 2 fully saturated rings. The van der Waals surface area contributed by atoms with Crippen molar-refractivity contribution < 1.29 is 4.74 Å². The third-order valence-corrected chi connectivity index (χ3v) is 3.80. The number of nitrogens with two attached hydrogens (primary N) is 1. The summed E-state index contributed by atoms with van der Waals surface area (Å²) in [6.45, 7) is 6.69. The minimum Gasteiger partial charge on any atom is -0.381 e. The second-order valence-electron chi connectivity index (χ2n) is 5.05. The molecule has 88 valence electrons. The molecule has 0 bridgehead atoms. The smallest absolute Gasteiger partial charge is 0.0469 e. The lowest BCUT2D eigenvalue weighted by Crippen LogP contribution is -2.31. The molecular weight excluding hydrogens is 188 g/mol. The van der Waals surface area contributed by atoms with Crippen molar-refractivity contribution in [1.29, 1.82) is 0 Å². The first kappa shape index (κ1) is 11.4. The first-order valence-electron chi connectivity index (χ1n) is 6.38. The van der Waals surface area contributed by atoms with E-state index < -0.39 is 0 Å². The van der Waals surface area contributed by atoms with Crippen molar-refractivity contribution in [2.24, 2.45) is 17.6 Å². The van der Waals surface area contributed by atoms with Gasteiger partial charge in [-0.3, -0.25) is 0 Å². The van der Waals surface area contributed by atoms with Crippen molar-refractivity contribution in [3.05, 3.63) is 0 Å². The van der Waals surface area contributed by atoms with Crippen LogP contribution >= 0.6 is 0 Å². The van der Waals surface area contributed by atoms with E-state index in [4.69, 9.17) is 10.5 Å². The van der Waals surface area contributed by atoms with E-state index in [1.54, 1.807) is 0 Å². The number of likely N-dealkylation sites (tertiary alicyclic amines) is 1. The number of nitrogens with zero attached hydrogens (tertiary/aromatic N) is 1. The van der Waals surface area contributed by atoms with E-state index >= 15 is 0 Å². The zero-order valence-electron chi connectivity index (χ0n) is 9.66. The van der Waals surface area contributed by atoms with Crippen LogP contribution < -0.4 is 5.73 Å². The second-order valence-corrected chi connectivity index (χ2v) is 5.05. The van der Waals surface area contributed by atoms with Crippen LogP contribution in [0.25, 0.3) is 0 Å². The zero-order chi connectivity index (χ0) is 10.5. The number of hydrogen-bond acceptors (Lipinski definition) is 3. The molecule has 0 radical (unpaired) electrons. The van der Waals surface area contributed by atoms with E-state index in [9.17, 15) is 0 Å². The van der Waals surface area contributed by atoms with E-state index in [0.29, 0.717) is 0 Å². The molecule has 0 aromatic rings. The van der Waals surface area contributed by atoms with Gasteiger partial charge < -0.3 is 15.4 Å². The molecule has 2 aliphatic rings. The summed E-state index contributed by atoms with van der Waals surface area (Å²) in [5.41, 5.74) is 5.60. The number of ether oxygens (including phenoxy) is 1. The van der Waals surface area contributed by atoms with E-state index in [1.165, 1.54) is 45.3 Å². The Balaban J connectivity index is 1.67. The predicted octanol–water partition coefficient (Wildman–Crippen LogP) is 1.08. The standard InChI is InChI=1S/C12H24N2O/c13-5-1-11-2-6-14(9-11)10-12-3-7-15-8-4-12/h11-12H,1-10,13H2. The van der Waals surface area contributed by atoms with Crippen LogP contribution in [0.5, 0.6) is 0 Å². The normalized spacial score (nSPS) is 29.8. The fourth-order valence-electron chi connectivity index (χ4n) is 2.84. The molecule has 2 aliphatic heterocycles. The molecule has 2 N–H and O–H groups in total. The Morgan fingerprint density at radius 3 is 2.67 bits per heavy atom. The Hall–Kier alpha value is -0.120. The van der Waals surface area contributed by atoms with Gasteiger partial charge in [-0.05, 0) is 50.6 Å². The molecule has 0 aromatic heterocycles. The van der Waals surface area contributed by atoms with E-state index in [0.717, 1.165) is 31.6 Å². The predicted molar refractivity (Wildman–Crippen MR) is 61.8 cm³/mol. The van der Waals surface area contributed by atoms with Crippen LogP contribution in [0.15, 0.2) is 0 Å². The van der Waals surface area contributed by atoms with E-state index in [1.807, 2.05) is 0 Å². The number of rotatable bonds is 4. The lowest BCUT2D eigenvalue weighted by Gasteiger charge is -2.26. The maximum atomic E-state index is 5.60. The molecule has 15 heavy (non-hydrogen) atoms. The van der Waals surface area contributed by atoms with Crippen LogP contribution in [0, 0.1) is 11.8 Å². The van der Waals surface area contributed by atoms with Crippen LogP contribution in [0.1, 0.15) is 25.7 Å². The molecule has 0 amide bonds. The molecule has 2 saturated heterocycles. The van der Waals surface area contributed by atoms with Crippen LogP contribution in [-0.2, 0) is 4.74 Å². The van der Waals surface area contributed by atoms with E-state index in [2.05, 4.69) is 4.90 Å². The SMILES string of the molecule is NCCC1CCN(CC2CCOCC2)C1. The molecule has 2 rings (SSSR count). The quantitative estimate of drug-likeness (QED) is 0.758. The first-order valence-corrected chi connectivity index (χ1v) is 6.38. The van der Waals surface area contributed by atoms with Gasteiger partial charge in [0, 0.05) is 26.3 Å². The summed E-state index contributed by atoms with van der Waals surface area (Å²) >= 11 is 0. The molecule has 1 atom stereocenters. The van der Waals surface area contributed by atoms with Crippen molar-refractivity contribution >= 4 is 0 Å². The van der Waals surface area contributed by atoms with Crippen LogP contribution in [-0.4, -0.2) is 44.3 Å². The summed E-state index contributed by atoms with van der Waals surface area (Å²) in [5.74, 6) is 1.75. The minimum absolute atomic E-state index is 0.857. The zero-order valence-corrected chi connectivity index (χ0v) is 9.66. The highest BCUT2D eigenvalue weighted by Crippen LogP contribution is 2.23. The highest BCUT2D eigenvalue weighted by molar-refractivity contribution is 4.78. The monoisotopic (exact) mass is 212 g/mol. The van der Waals surface area contributed by atoms with Gasteiger partial charge in [0.15, 0.2) is 0 Å². The van der Waals surface area contributed by atoms with Crippen LogP contribution in [0.2, 0.25) is 0 Å². The van der Waals surface area contributed by atoms with Crippen molar-refractivity contribution in [3.8, 4) is 0 Å². The van der Waals surface area contributed by atoms with Crippen LogP contribution in [0.3, 0.4) is 0 Å². The molecule has 2 heterocycles. The second kappa shape index (κ2) is 5.83. The molecule has 3 heteroatoms. The summed E-state index contributed by atoms with van der Waals surface area (Å²) < 4.78 is 5.39. The molecule has 0 aliphatic carbocycles. The van der Waals surface area contributed by atoms with Gasteiger partial charge in [-0.15, -0.1) is 0 Å². The van der Waals surface area contributed by atoms with Gasteiger partial charge in [0.2, 0.25) is 0 Å². The van der Waals surface area contributed by atoms with Gasteiger partial charge in [0.1, 0.15) is 0 Å². The summed E-state index contributed by atoms with van der Waals surface area (Å²) in [6, 6.07) is 0. The maximum absolute atomic E-state index is 5.60. The third kappa shape index (κ3) is 3.44. The fourth-order valence-corrected chi connectivity index (χ4v) is 2.84. The largest absolute Gasteiger partial charge is 0.381 e.